The Morgan fingerprint density at radius 2 is 1.73 bits per heavy atom. The smallest absolute Gasteiger partial charge is 0.369 e. The van der Waals surface area contributed by atoms with Crippen molar-refractivity contribution in [3.05, 3.63) is 12.2 Å². The summed E-state index contributed by atoms with van der Waals surface area (Å²) in [4.78, 5) is 36.8. The van der Waals surface area contributed by atoms with Gasteiger partial charge < -0.3 is 18.8 Å². The van der Waals surface area contributed by atoms with Gasteiger partial charge in [0.1, 0.15) is 5.60 Å². The van der Waals surface area contributed by atoms with Gasteiger partial charge in [0.2, 0.25) is 0 Å². The minimum absolute atomic E-state index is 0.0853. The maximum atomic E-state index is 13.8. The van der Waals surface area contributed by atoms with Crippen molar-refractivity contribution < 1.29 is 50.3 Å². The van der Waals surface area contributed by atoms with Crippen LogP contribution in [-0.4, -0.2) is 54.4 Å². The zero-order valence-electron chi connectivity index (χ0n) is 18.6. The number of hydrogen-bond donors (Lipinski definition) is 0. The van der Waals surface area contributed by atoms with Crippen molar-refractivity contribution in [3.63, 3.8) is 0 Å². The number of carbonyl (C=O) groups is 3. The standard InChI is InChI=1S/C21H28F2O9S/c1-11(2)17(25)30-10-16(24)32-19(4)14-5-13-6-15(19)9-20(7-13,8-14)18(26)31-12(3)21(22,23)33(27,28)29/h12-15H,1,5-10H2,2-4H3,(H,27,28,29)/p-1. The van der Waals surface area contributed by atoms with Crippen LogP contribution in [0.3, 0.4) is 0 Å². The number of esters is 3. The Kier molecular flexibility index (Phi) is 6.42. The zero-order chi connectivity index (χ0) is 25.0. The second-order valence-electron chi connectivity index (χ2n) is 9.70. The van der Waals surface area contributed by atoms with E-state index in [4.69, 9.17) is 14.2 Å². The van der Waals surface area contributed by atoms with E-state index in [2.05, 4.69) is 6.58 Å². The van der Waals surface area contributed by atoms with Crippen LogP contribution in [0.25, 0.3) is 0 Å². The van der Waals surface area contributed by atoms with Gasteiger partial charge in [0.05, 0.1) is 5.41 Å². The molecule has 4 aliphatic rings. The fraction of sp³-hybridized carbons (Fsp3) is 0.762. The first-order chi connectivity index (χ1) is 15.0. The normalized spacial score (nSPS) is 33.8. The summed E-state index contributed by atoms with van der Waals surface area (Å²) in [5.74, 6) is -2.89. The van der Waals surface area contributed by atoms with Crippen molar-refractivity contribution in [2.75, 3.05) is 6.61 Å². The molecular weight excluding hydrogens is 466 g/mol. The van der Waals surface area contributed by atoms with Crippen LogP contribution in [0.5, 0.6) is 0 Å². The molecule has 0 amide bonds. The number of rotatable bonds is 8. The average molecular weight is 494 g/mol. The predicted octanol–water partition coefficient (Wildman–Crippen LogP) is 2.30. The van der Waals surface area contributed by atoms with Gasteiger partial charge in [-0.05, 0) is 58.8 Å². The number of halogens is 2. The van der Waals surface area contributed by atoms with E-state index in [-0.39, 0.29) is 36.2 Å². The highest BCUT2D eigenvalue weighted by Gasteiger charge is 2.65. The molecule has 0 spiro atoms. The Morgan fingerprint density at radius 1 is 1.18 bits per heavy atom. The highest BCUT2D eigenvalue weighted by atomic mass is 32.2. The van der Waals surface area contributed by atoms with Crippen LogP contribution in [0.4, 0.5) is 8.78 Å². The number of ether oxygens (including phenoxy) is 3. The Balaban J connectivity index is 1.71. The lowest BCUT2D eigenvalue weighted by Gasteiger charge is -2.62. The van der Waals surface area contributed by atoms with Crippen LogP contribution >= 0.6 is 0 Å². The van der Waals surface area contributed by atoms with Gasteiger partial charge in [0.25, 0.3) is 0 Å². The van der Waals surface area contributed by atoms with Gasteiger partial charge in [0.15, 0.2) is 22.8 Å². The first-order valence-electron chi connectivity index (χ1n) is 10.6. The van der Waals surface area contributed by atoms with E-state index in [9.17, 15) is 36.1 Å². The maximum absolute atomic E-state index is 13.8. The van der Waals surface area contributed by atoms with Gasteiger partial charge >= 0.3 is 23.2 Å². The average Bonchev–Trinajstić information content (AvgIpc) is 2.68. The molecule has 0 aliphatic heterocycles. The minimum atomic E-state index is -6.01. The number of alkyl halides is 2. The molecule has 0 saturated heterocycles. The second-order valence-corrected chi connectivity index (χ2v) is 11.2. The van der Waals surface area contributed by atoms with Crippen molar-refractivity contribution in [2.24, 2.45) is 23.2 Å². The van der Waals surface area contributed by atoms with Crippen LogP contribution in [-0.2, 0) is 38.7 Å². The largest absolute Gasteiger partial charge is 0.743 e. The molecule has 0 heterocycles. The van der Waals surface area contributed by atoms with Crippen molar-refractivity contribution in [1.29, 1.82) is 0 Å². The summed E-state index contributed by atoms with van der Waals surface area (Å²) < 4.78 is 75.6. The van der Waals surface area contributed by atoms with Gasteiger partial charge in [0, 0.05) is 17.4 Å². The molecule has 3 unspecified atom stereocenters. The highest BCUT2D eigenvalue weighted by Crippen LogP contribution is 2.65. The van der Waals surface area contributed by atoms with Gasteiger partial charge in [-0.3, -0.25) is 4.79 Å². The maximum Gasteiger partial charge on any atom is 0.369 e. The Labute approximate surface area is 190 Å². The molecule has 0 aromatic carbocycles. The summed E-state index contributed by atoms with van der Waals surface area (Å²) in [5.41, 5.74) is -1.93. The molecule has 4 rings (SSSR count). The van der Waals surface area contributed by atoms with E-state index in [1.54, 1.807) is 6.92 Å². The van der Waals surface area contributed by atoms with Crippen LogP contribution in [0.15, 0.2) is 12.2 Å². The van der Waals surface area contributed by atoms with Gasteiger partial charge in [-0.15, -0.1) is 0 Å². The number of hydrogen-bond acceptors (Lipinski definition) is 9. The van der Waals surface area contributed by atoms with E-state index < -0.39 is 57.0 Å². The molecule has 12 heteroatoms. The summed E-state index contributed by atoms with van der Waals surface area (Å²) in [6.45, 7) is 6.70. The molecule has 0 aromatic rings. The minimum Gasteiger partial charge on any atom is -0.743 e. The van der Waals surface area contributed by atoms with E-state index >= 15 is 0 Å². The molecule has 4 saturated carbocycles. The number of carbonyl (C=O) groups excluding carboxylic acids is 3. The zero-order valence-corrected chi connectivity index (χ0v) is 19.4. The fourth-order valence-corrected chi connectivity index (χ4v) is 6.14. The molecule has 4 aliphatic carbocycles. The third-order valence-electron chi connectivity index (χ3n) is 7.34. The van der Waals surface area contributed by atoms with E-state index in [1.807, 2.05) is 0 Å². The van der Waals surface area contributed by atoms with Gasteiger partial charge in [-0.25, -0.2) is 18.0 Å². The molecule has 3 atom stereocenters. The SMILES string of the molecule is C=C(C)C(=O)OCC(=O)OC1(C)C2CC3CC1CC(C(=O)OC(C)C(F)(F)S(=O)(=O)[O-])(C3)C2. The van der Waals surface area contributed by atoms with Crippen molar-refractivity contribution in [3.8, 4) is 0 Å². The first-order valence-corrected chi connectivity index (χ1v) is 12.0. The molecule has 4 fully saturated rings. The van der Waals surface area contributed by atoms with E-state index in [0.29, 0.717) is 26.2 Å². The summed E-state index contributed by atoms with van der Waals surface area (Å²) >= 11 is 0. The van der Waals surface area contributed by atoms with Crippen LogP contribution < -0.4 is 0 Å². The van der Waals surface area contributed by atoms with Crippen molar-refractivity contribution in [2.45, 2.75) is 69.8 Å². The quantitative estimate of drug-likeness (QED) is 0.216. The van der Waals surface area contributed by atoms with Gasteiger partial charge in [-0.1, -0.05) is 6.58 Å². The van der Waals surface area contributed by atoms with Crippen LogP contribution in [0.2, 0.25) is 0 Å². The highest BCUT2D eigenvalue weighted by molar-refractivity contribution is 7.86. The molecule has 4 bridgehead atoms. The summed E-state index contributed by atoms with van der Waals surface area (Å²) in [7, 11) is -6.01. The van der Waals surface area contributed by atoms with Crippen molar-refractivity contribution in [1.82, 2.24) is 0 Å². The third-order valence-corrected chi connectivity index (χ3v) is 8.34. The van der Waals surface area contributed by atoms with Crippen molar-refractivity contribution >= 4 is 28.0 Å². The molecule has 186 valence electrons. The lowest BCUT2D eigenvalue weighted by Crippen LogP contribution is -2.63. The lowest BCUT2D eigenvalue weighted by molar-refractivity contribution is -0.230. The molecule has 0 N–H and O–H groups in total. The molecule has 0 radical (unpaired) electrons. The molecule has 9 nitrogen and oxygen atoms in total. The first kappa shape index (κ1) is 25.5. The van der Waals surface area contributed by atoms with E-state index in [0.717, 1.165) is 0 Å². The van der Waals surface area contributed by atoms with Crippen LogP contribution in [0, 0.1) is 23.2 Å². The third kappa shape index (κ3) is 4.51. The fourth-order valence-electron chi connectivity index (χ4n) is 5.68. The summed E-state index contributed by atoms with van der Waals surface area (Å²) in [6, 6.07) is 0. The molecular formula is C21H27F2O9S-. The van der Waals surface area contributed by atoms with E-state index in [1.165, 1.54) is 6.92 Å². The summed E-state index contributed by atoms with van der Waals surface area (Å²) in [5, 5.41) is -4.75. The Morgan fingerprint density at radius 3 is 2.21 bits per heavy atom. The van der Waals surface area contributed by atoms with Crippen LogP contribution in [0.1, 0.15) is 52.9 Å². The Bertz CT molecular complexity index is 958. The van der Waals surface area contributed by atoms with Gasteiger partial charge in [-0.2, -0.15) is 8.78 Å². The monoisotopic (exact) mass is 493 g/mol. The summed E-state index contributed by atoms with van der Waals surface area (Å²) in [6.07, 6.45) is -0.328. The topological polar surface area (TPSA) is 136 Å². The molecule has 0 aromatic heterocycles. The Hall–Kier alpha value is -2.08. The predicted molar refractivity (Wildman–Crippen MR) is 106 cm³/mol. The second kappa shape index (κ2) is 8.30. The lowest BCUT2D eigenvalue weighted by atomic mass is 9.45. The molecule has 33 heavy (non-hydrogen) atoms.